The zero-order valence-electron chi connectivity index (χ0n) is 13.9. The van der Waals surface area contributed by atoms with E-state index < -0.39 is 0 Å². The van der Waals surface area contributed by atoms with Crippen molar-refractivity contribution >= 4 is 5.82 Å². The largest absolute Gasteiger partial charge is 0.396 e. The molecule has 2 heterocycles. The number of hydrogen-bond acceptors (Lipinski definition) is 4. The van der Waals surface area contributed by atoms with E-state index in [2.05, 4.69) is 44.1 Å². The maximum Gasteiger partial charge on any atom is 0.290 e. The highest BCUT2D eigenvalue weighted by Gasteiger charge is 2.34. The molecule has 1 aromatic rings. The molecule has 0 fully saturated rings. The van der Waals surface area contributed by atoms with Crippen LogP contribution in [0.4, 0.5) is 5.82 Å². The third-order valence-corrected chi connectivity index (χ3v) is 4.04. The van der Waals surface area contributed by atoms with Gasteiger partial charge in [-0.05, 0) is 19.4 Å². The number of pyridine rings is 1. The molecule has 2 rings (SSSR count). The molecule has 0 saturated heterocycles. The second kappa shape index (κ2) is 6.64. The fourth-order valence-corrected chi connectivity index (χ4v) is 2.88. The summed E-state index contributed by atoms with van der Waals surface area (Å²) < 4.78 is 5.94. The fourth-order valence-electron chi connectivity index (χ4n) is 2.88. The van der Waals surface area contributed by atoms with Crippen molar-refractivity contribution in [2.75, 3.05) is 18.5 Å². The molecule has 0 bridgehead atoms. The molecule has 0 atom stereocenters. The second-order valence-electron chi connectivity index (χ2n) is 6.74. The number of aromatic amines is 1. The number of aliphatic hydroxyl groups excluding tert-OH is 1. The lowest BCUT2D eigenvalue weighted by molar-refractivity contribution is -0.378. The predicted octanol–water partition coefficient (Wildman–Crippen LogP) is 2.14. The molecule has 0 unspecified atom stereocenters. The van der Waals surface area contributed by atoms with E-state index >= 15 is 0 Å². The Bertz CT molecular complexity index is 589. The highest BCUT2D eigenvalue weighted by molar-refractivity contribution is 5.56. The molecule has 3 N–H and O–H groups in total. The topological polar surface area (TPSA) is 79.4 Å². The average molecular weight is 304 g/mol. The van der Waals surface area contributed by atoms with Gasteiger partial charge in [-0.1, -0.05) is 13.8 Å². The van der Waals surface area contributed by atoms with Crippen molar-refractivity contribution < 1.29 is 14.8 Å². The van der Waals surface area contributed by atoms with Gasteiger partial charge in [0.1, 0.15) is 17.3 Å². The Hall–Kier alpha value is -1.64. The SMILES string of the molecule is CC(C)c1[nH+]c(NCCCO)c(C#N)c2c1COC(C)(C)C2. The zero-order valence-corrected chi connectivity index (χ0v) is 13.9. The molecule has 120 valence electrons. The number of aliphatic hydroxyl groups is 1. The van der Waals surface area contributed by atoms with Gasteiger partial charge in [-0.3, -0.25) is 5.32 Å². The quantitative estimate of drug-likeness (QED) is 0.817. The summed E-state index contributed by atoms with van der Waals surface area (Å²) in [5, 5.41) is 21.8. The molecular formula is C17H26N3O2+. The van der Waals surface area contributed by atoms with Crippen LogP contribution in [0.3, 0.4) is 0 Å². The van der Waals surface area contributed by atoms with Crippen molar-refractivity contribution in [3.05, 3.63) is 22.4 Å². The summed E-state index contributed by atoms with van der Waals surface area (Å²) in [6.07, 6.45) is 1.38. The van der Waals surface area contributed by atoms with Crippen LogP contribution in [0, 0.1) is 11.3 Å². The molecule has 0 spiro atoms. The summed E-state index contributed by atoms with van der Waals surface area (Å²) in [4.78, 5) is 3.38. The van der Waals surface area contributed by atoms with Crippen molar-refractivity contribution in [3.8, 4) is 6.07 Å². The summed E-state index contributed by atoms with van der Waals surface area (Å²) in [6, 6.07) is 2.34. The van der Waals surface area contributed by atoms with Crippen LogP contribution in [0.5, 0.6) is 0 Å². The maximum atomic E-state index is 9.63. The molecule has 5 nitrogen and oxygen atoms in total. The summed E-state index contributed by atoms with van der Waals surface area (Å²) in [5.74, 6) is 1.08. The molecule has 0 aliphatic carbocycles. The molecule has 0 amide bonds. The number of anilines is 1. The van der Waals surface area contributed by atoms with Gasteiger partial charge in [0.25, 0.3) is 5.82 Å². The molecule has 1 aliphatic rings. The van der Waals surface area contributed by atoms with E-state index in [-0.39, 0.29) is 12.2 Å². The van der Waals surface area contributed by atoms with Crippen LogP contribution in [0.15, 0.2) is 0 Å². The Kier molecular flexibility index (Phi) is 5.05. The van der Waals surface area contributed by atoms with Gasteiger partial charge in [-0.25, -0.2) is 4.98 Å². The smallest absolute Gasteiger partial charge is 0.290 e. The van der Waals surface area contributed by atoms with Crippen LogP contribution < -0.4 is 10.3 Å². The van der Waals surface area contributed by atoms with Gasteiger partial charge in [0.2, 0.25) is 0 Å². The monoisotopic (exact) mass is 304 g/mol. The van der Waals surface area contributed by atoms with Crippen molar-refractivity contribution in [2.45, 2.75) is 58.7 Å². The Morgan fingerprint density at radius 3 is 2.73 bits per heavy atom. The minimum Gasteiger partial charge on any atom is -0.396 e. The number of nitrogens with one attached hydrogen (secondary N) is 2. The summed E-state index contributed by atoms with van der Waals surface area (Å²) in [6.45, 7) is 9.70. The number of aromatic nitrogens is 1. The minimum absolute atomic E-state index is 0.137. The van der Waals surface area contributed by atoms with Crippen molar-refractivity contribution in [3.63, 3.8) is 0 Å². The van der Waals surface area contributed by atoms with Crippen LogP contribution in [0.25, 0.3) is 0 Å². The maximum absolute atomic E-state index is 9.63. The molecule has 0 radical (unpaired) electrons. The Balaban J connectivity index is 2.52. The van der Waals surface area contributed by atoms with Gasteiger partial charge in [0, 0.05) is 30.9 Å². The van der Waals surface area contributed by atoms with E-state index in [1.165, 1.54) is 0 Å². The van der Waals surface area contributed by atoms with Gasteiger partial charge >= 0.3 is 0 Å². The van der Waals surface area contributed by atoms with Crippen LogP contribution in [0.1, 0.15) is 62.4 Å². The number of rotatable bonds is 5. The van der Waals surface area contributed by atoms with Crippen molar-refractivity contribution in [2.24, 2.45) is 0 Å². The van der Waals surface area contributed by atoms with Crippen LogP contribution in [-0.4, -0.2) is 23.9 Å². The average Bonchev–Trinajstić information content (AvgIpc) is 2.45. The first kappa shape index (κ1) is 16.7. The summed E-state index contributed by atoms with van der Waals surface area (Å²) in [7, 11) is 0. The van der Waals surface area contributed by atoms with Gasteiger partial charge < -0.3 is 9.84 Å². The lowest BCUT2D eigenvalue weighted by Gasteiger charge is -2.33. The number of nitriles is 1. The lowest BCUT2D eigenvalue weighted by atomic mass is 9.86. The molecule has 0 aromatic carbocycles. The van der Waals surface area contributed by atoms with E-state index in [0.29, 0.717) is 31.1 Å². The van der Waals surface area contributed by atoms with E-state index in [1.807, 2.05) is 0 Å². The molecule has 5 heteroatoms. The van der Waals surface area contributed by atoms with E-state index in [4.69, 9.17) is 9.84 Å². The number of fused-ring (bicyclic) bond motifs is 1. The van der Waals surface area contributed by atoms with Crippen LogP contribution in [-0.2, 0) is 17.8 Å². The third-order valence-electron chi connectivity index (χ3n) is 4.04. The molecule has 0 saturated carbocycles. The standard InChI is InChI=1S/C17H25N3O2/c1-11(2)15-14-10-22-17(3,4)8-12(14)13(9-18)16(20-15)19-6-5-7-21/h11,21H,5-8,10H2,1-4H3,(H,19,20)/p+1. The van der Waals surface area contributed by atoms with Gasteiger partial charge in [0.15, 0.2) is 0 Å². The number of H-pyrrole nitrogens is 1. The first-order valence-corrected chi connectivity index (χ1v) is 7.89. The minimum atomic E-state index is -0.253. The first-order chi connectivity index (χ1) is 10.4. The van der Waals surface area contributed by atoms with Gasteiger partial charge in [0.05, 0.1) is 18.8 Å². The third kappa shape index (κ3) is 3.40. The molecular weight excluding hydrogens is 278 g/mol. The van der Waals surface area contributed by atoms with E-state index in [0.717, 1.165) is 29.1 Å². The molecule has 1 aliphatic heterocycles. The van der Waals surface area contributed by atoms with Crippen molar-refractivity contribution in [1.29, 1.82) is 5.26 Å². The highest BCUT2D eigenvalue weighted by atomic mass is 16.5. The normalized spacial score (nSPS) is 16.2. The second-order valence-corrected chi connectivity index (χ2v) is 6.74. The van der Waals surface area contributed by atoms with Crippen LogP contribution >= 0.6 is 0 Å². The van der Waals surface area contributed by atoms with E-state index in [9.17, 15) is 5.26 Å². The predicted molar refractivity (Wildman–Crippen MR) is 84.6 cm³/mol. The Morgan fingerprint density at radius 2 is 2.14 bits per heavy atom. The zero-order chi connectivity index (χ0) is 16.3. The molecule has 22 heavy (non-hydrogen) atoms. The van der Waals surface area contributed by atoms with Gasteiger partial charge in [-0.15, -0.1) is 0 Å². The van der Waals surface area contributed by atoms with Crippen molar-refractivity contribution in [1.82, 2.24) is 0 Å². The van der Waals surface area contributed by atoms with Gasteiger partial charge in [-0.2, -0.15) is 5.26 Å². The fraction of sp³-hybridized carbons (Fsp3) is 0.647. The number of hydrogen-bond donors (Lipinski definition) is 2. The highest BCUT2D eigenvalue weighted by Crippen LogP contribution is 2.34. The Labute approximate surface area is 132 Å². The number of ether oxygens (including phenoxy) is 1. The lowest BCUT2D eigenvalue weighted by Crippen LogP contribution is -2.36. The van der Waals surface area contributed by atoms with E-state index in [1.54, 1.807) is 0 Å². The molecule has 1 aromatic heterocycles. The summed E-state index contributed by atoms with van der Waals surface area (Å²) >= 11 is 0. The summed E-state index contributed by atoms with van der Waals surface area (Å²) in [5.41, 5.74) is 3.76. The Morgan fingerprint density at radius 1 is 1.41 bits per heavy atom. The first-order valence-electron chi connectivity index (χ1n) is 7.89. The van der Waals surface area contributed by atoms with Crippen LogP contribution in [0.2, 0.25) is 0 Å². The number of nitrogens with zero attached hydrogens (tertiary/aromatic N) is 1.